The minimum Gasteiger partial charge on any atom is -0.483 e. The van der Waals surface area contributed by atoms with E-state index in [2.05, 4.69) is 59.9 Å². The van der Waals surface area contributed by atoms with Crippen molar-refractivity contribution in [3.05, 3.63) is 12.2 Å². The lowest BCUT2D eigenvalue weighted by atomic mass is 10.00. The van der Waals surface area contributed by atoms with E-state index in [9.17, 15) is 8.78 Å². The summed E-state index contributed by atoms with van der Waals surface area (Å²) in [6, 6.07) is -0.484. The first kappa shape index (κ1) is 31.7. The second-order valence-corrected chi connectivity index (χ2v) is 16.1. The van der Waals surface area contributed by atoms with Gasteiger partial charge in [-0.15, -0.1) is 0 Å². The first-order chi connectivity index (χ1) is 16.3. The quantitative estimate of drug-likeness (QED) is 0.134. The zero-order chi connectivity index (χ0) is 26.6. The highest BCUT2D eigenvalue weighted by Gasteiger charge is 2.43. The molecule has 0 bridgehead atoms. The van der Waals surface area contributed by atoms with Crippen LogP contribution >= 0.6 is 0 Å². The van der Waals surface area contributed by atoms with Crippen LogP contribution in [0.25, 0.3) is 0 Å². The smallest absolute Gasteiger partial charge is 0.238 e. The summed E-state index contributed by atoms with van der Waals surface area (Å²) >= 11 is 0. The molecule has 35 heavy (non-hydrogen) atoms. The van der Waals surface area contributed by atoms with Gasteiger partial charge in [-0.2, -0.15) is 0 Å². The standard InChI is InChI=1S/C27H50F2N2O3Si/c1-20(2)23-25(32-6)31-24(26(30-23)33-7)21(34-35(8,9)27(3,4)5)18-16-14-12-10-11-13-15-17-19-22(28)29/h12,14,20-24H,10-11,13,15-19H2,1-9H3/t21-,23+,24-/m0/s1. The maximum Gasteiger partial charge on any atom is 0.238 e. The van der Waals surface area contributed by atoms with Gasteiger partial charge in [0.1, 0.15) is 6.04 Å². The van der Waals surface area contributed by atoms with E-state index >= 15 is 0 Å². The Morgan fingerprint density at radius 2 is 1.40 bits per heavy atom. The van der Waals surface area contributed by atoms with Crippen LogP contribution in [0.15, 0.2) is 22.1 Å². The Hall–Kier alpha value is -1.28. The van der Waals surface area contributed by atoms with Crippen molar-refractivity contribution in [2.24, 2.45) is 15.9 Å². The topological polar surface area (TPSA) is 52.4 Å². The molecule has 1 aliphatic rings. The largest absolute Gasteiger partial charge is 0.483 e. The van der Waals surface area contributed by atoms with Gasteiger partial charge in [0.15, 0.2) is 14.4 Å². The number of hydrogen-bond acceptors (Lipinski definition) is 5. The van der Waals surface area contributed by atoms with E-state index in [0.717, 1.165) is 38.5 Å². The lowest BCUT2D eigenvalue weighted by molar-refractivity contribution is 0.133. The van der Waals surface area contributed by atoms with Crippen molar-refractivity contribution in [2.75, 3.05) is 14.2 Å². The highest BCUT2D eigenvalue weighted by atomic mass is 28.4. The summed E-state index contributed by atoms with van der Waals surface area (Å²) in [4.78, 5) is 9.81. The summed E-state index contributed by atoms with van der Waals surface area (Å²) in [6.45, 7) is 15.4. The van der Waals surface area contributed by atoms with Gasteiger partial charge in [-0.05, 0) is 56.2 Å². The van der Waals surface area contributed by atoms with Gasteiger partial charge in [0.25, 0.3) is 0 Å². The Morgan fingerprint density at radius 1 is 0.857 bits per heavy atom. The predicted molar refractivity (Wildman–Crippen MR) is 145 cm³/mol. The Balaban J connectivity index is 2.87. The van der Waals surface area contributed by atoms with Crippen molar-refractivity contribution in [2.45, 2.75) is 129 Å². The highest BCUT2D eigenvalue weighted by molar-refractivity contribution is 6.74. The van der Waals surface area contributed by atoms with Crippen LogP contribution in [0, 0.1) is 5.92 Å². The summed E-state index contributed by atoms with van der Waals surface area (Å²) in [5, 5.41) is 0.0682. The molecule has 3 atom stereocenters. The van der Waals surface area contributed by atoms with Crippen molar-refractivity contribution < 1.29 is 22.7 Å². The van der Waals surface area contributed by atoms with Gasteiger partial charge in [-0.3, -0.25) is 0 Å². The Kier molecular flexibility index (Phi) is 13.7. The van der Waals surface area contributed by atoms with Gasteiger partial charge in [-0.25, -0.2) is 18.8 Å². The molecule has 0 spiro atoms. The summed E-state index contributed by atoms with van der Waals surface area (Å²) in [7, 11) is 1.24. The second kappa shape index (κ2) is 15.1. The molecule has 0 saturated heterocycles. The fraction of sp³-hybridized carbons (Fsp3) is 0.852. The van der Waals surface area contributed by atoms with E-state index in [1.807, 2.05) is 0 Å². The molecule has 0 aromatic heterocycles. The molecule has 204 valence electrons. The average Bonchev–Trinajstić information content (AvgIpc) is 2.77. The number of rotatable bonds is 14. The molecule has 1 rings (SSSR count). The number of unbranched alkanes of at least 4 members (excludes halogenated alkanes) is 4. The number of ether oxygens (including phenoxy) is 2. The molecule has 0 aromatic carbocycles. The van der Waals surface area contributed by atoms with Crippen molar-refractivity contribution in [1.29, 1.82) is 0 Å². The van der Waals surface area contributed by atoms with Gasteiger partial charge in [-0.1, -0.05) is 59.6 Å². The second-order valence-electron chi connectivity index (χ2n) is 11.3. The molecule has 0 saturated carbocycles. The van der Waals surface area contributed by atoms with Crippen LogP contribution in [-0.2, 0) is 13.9 Å². The lowest BCUT2D eigenvalue weighted by Gasteiger charge is -2.41. The predicted octanol–water partition coefficient (Wildman–Crippen LogP) is 7.82. The number of alkyl halides is 2. The fourth-order valence-electron chi connectivity index (χ4n) is 3.81. The molecule has 0 aliphatic carbocycles. The molecule has 0 aromatic rings. The van der Waals surface area contributed by atoms with E-state index in [1.165, 1.54) is 0 Å². The molecule has 1 aliphatic heterocycles. The zero-order valence-corrected chi connectivity index (χ0v) is 24.6. The number of allylic oxidation sites excluding steroid dienone is 2. The minimum atomic E-state index is -2.18. The molecule has 0 radical (unpaired) electrons. The third-order valence-corrected chi connectivity index (χ3v) is 11.5. The molecular weight excluding hydrogens is 466 g/mol. The maximum absolute atomic E-state index is 12.2. The molecule has 8 heteroatoms. The van der Waals surface area contributed by atoms with Gasteiger partial charge >= 0.3 is 0 Å². The normalized spacial score (nSPS) is 20.4. The monoisotopic (exact) mass is 516 g/mol. The SMILES string of the molecule is COC1=N[C@H](C(C)C)C(OC)=N[C@H]1[C@H](CCC=CCCCCCCC(F)F)O[Si](C)(C)C(C)(C)C. The Morgan fingerprint density at radius 3 is 1.94 bits per heavy atom. The molecule has 0 fully saturated rings. The Bertz CT molecular complexity index is 703. The van der Waals surface area contributed by atoms with E-state index in [1.54, 1.807) is 14.2 Å². The van der Waals surface area contributed by atoms with Crippen molar-refractivity contribution in [3.8, 4) is 0 Å². The zero-order valence-electron chi connectivity index (χ0n) is 23.6. The summed E-state index contributed by atoms with van der Waals surface area (Å²) < 4.78 is 42.7. The molecule has 0 amide bonds. The van der Waals surface area contributed by atoms with Gasteiger partial charge in [0.2, 0.25) is 18.2 Å². The number of methoxy groups -OCH3 is 2. The molecule has 0 N–H and O–H groups in total. The number of hydrogen-bond donors (Lipinski definition) is 0. The third-order valence-electron chi connectivity index (χ3n) is 7.02. The molecule has 0 unspecified atom stereocenters. The minimum absolute atomic E-state index is 0.0184. The average molecular weight is 517 g/mol. The summed E-state index contributed by atoms with van der Waals surface area (Å²) in [5.74, 6) is 1.50. The van der Waals surface area contributed by atoms with Crippen LogP contribution in [0.4, 0.5) is 8.78 Å². The van der Waals surface area contributed by atoms with Crippen LogP contribution in [0.1, 0.15) is 86.0 Å². The van der Waals surface area contributed by atoms with E-state index in [0.29, 0.717) is 18.2 Å². The van der Waals surface area contributed by atoms with Crippen LogP contribution in [0.2, 0.25) is 18.1 Å². The van der Waals surface area contributed by atoms with E-state index in [4.69, 9.17) is 23.9 Å². The summed E-state index contributed by atoms with van der Waals surface area (Å²) in [6.07, 6.45) is 8.23. The van der Waals surface area contributed by atoms with Crippen molar-refractivity contribution in [1.82, 2.24) is 0 Å². The molecular formula is C27H50F2N2O3Si. The van der Waals surface area contributed by atoms with Gasteiger partial charge in [0.05, 0.1) is 20.3 Å². The Labute approximate surface area is 213 Å². The summed E-state index contributed by atoms with van der Waals surface area (Å²) in [5.41, 5.74) is 0. The van der Waals surface area contributed by atoms with E-state index in [-0.39, 0.29) is 35.6 Å². The van der Waals surface area contributed by atoms with Crippen LogP contribution in [-0.4, -0.2) is 58.9 Å². The van der Waals surface area contributed by atoms with Crippen LogP contribution < -0.4 is 0 Å². The first-order valence-corrected chi connectivity index (χ1v) is 16.1. The maximum atomic E-state index is 12.2. The third kappa shape index (κ3) is 10.7. The number of halogens is 2. The van der Waals surface area contributed by atoms with Crippen molar-refractivity contribution in [3.63, 3.8) is 0 Å². The van der Waals surface area contributed by atoms with Crippen LogP contribution in [0.3, 0.4) is 0 Å². The molecule has 1 heterocycles. The fourth-order valence-corrected chi connectivity index (χ4v) is 5.16. The van der Waals surface area contributed by atoms with E-state index < -0.39 is 14.7 Å². The van der Waals surface area contributed by atoms with Crippen LogP contribution in [0.5, 0.6) is 0 Å². The first-order valence-electron chi connectivity index (χ1n) is 13.2. The number of nitrogens with zero attached hydrogens (tertiary/aromatic N) is 2. The van der Waals surface area contributed by atoms with Crippen molar-refractivity contribution >= 4 is 20.1 Å². The number of aliphatic imine (C=N–C) groups is 2. The highest BCUT2D eigenvalue weighted by Crippen LogP contribution is 2.39. The van der Waals surface area contributed by atoms with Gasteiger partial charge in [0, 0.05) is 6.42 Å². The lowest BCUT2D eigenvalue weighted by Crippen LogP contribution is -2.50. The van der Waals surface area contributed by atoms with Gasteiger partial charge < -0.3 is 13.9 Å². The molecule has 5 nitrogen and oxygen atoms in total.